The number of fused-ring (bicyclic) bond motifs is 1. The Bertz CT molecular complexity index is 1590. The summed E-state index contributed by atoms with van der Waals surface area (Å²) >= 11 is 0. The Morgan fingerprint density at radius 3 is 2.49 bits per heavy atom. The van der Waals surface area contributed by atoms with E-state index < -0.39 is 36.4 Å². The van der Waals surface area contributed by atoms with E-state index in [2.05, 4.69) is 9.97 Å². The van der Waals surface area contributed by atoms with Crippen LogP contribution in [0.25, 0.3) is 28.3 Å². The van der Waals surface area contributed by atoms with E-state index in [9.17, 15) is 31.5 Å². The average Bonchev–Trinajstić information content (AvgIpc) is 3.37. The predicted octanol–water partition coefficient (Wildman–Crippen LogP) is 7.00. The molecule has 0 aliphatic carbocycles. The first-order valence-electron chi connectivity index (χ1n) is 12.9. The van der Waals surface area contributed by atoms with Crippen LogP contribution in [0.3, 0.4) is 0 Å². The molecular formula is C30H24F5N3O3. The van der Waals surface area contributed by atoms with Crippen molar-refractivity contribution in [2.24, 2.45) is 0 Å². The van der Waals surface area contributed by atoms with E-state index in [0.29, 0.717) is 0 Å². The fourth-order valence-corrected chi connectivity index (χ4v) is 4.59. The van der Waals surface area contributed by atoms with E-state index in [0.717, 1.165) is 11.6 Å². The van der Waals surface area contributed by atoms with Crippen LogP contribution in [-0.2, 0) is 17.4 Å². The summed E-state index contributed by atoms with van der Waals surface area (Å²) < 4.78 is 74.3. The van der Waals surface area contributed by atoms with Gasteiger partial charge in [0.15, 0.2) is 5.78 Å². The largest absolute Gasteiger partial charge is 0.460 e. The highest BCUT2D eigenvalue weighted by molar-refractivity contribution is 5.95. The molecule has 0 saturated carbocycles. The molecule has 0 atom stereocenters. The number of furan rings is 1. The highest BCUT2D eigenvalue weighted by Crippen LogP contribution is 2.39. The Kier molecular flexibility index (Phi) is 7.70. The number of rotatable bonds is 7. The summed E-state index contributed by atoms with van der Waals surface area (Å²) in [5, 5.41) is 0.194. The molecule has 4 heterocycles. The van der Waals surface area contributed by atoms with Crippen LogP contribution in [0.4, 0.5) is 22.0 Å². The molecule has 3 aromatic heterocycles. The first-order chi connectivity index (χ1) is 19.5. The predicted molar refractivity (Wildman–Crippen MR) is 141 cm³/mol. The fourth-order valence-electron chi connectivity index (χ4n) is 4.59. The maximum Gasteiger partial charge on any atom is 0.420 e. The third-order valence-corrected chi connectivity index (χ3v) is 6.82. The van der Waals surface area contributed by atoms with Gasteiger partial charge in [-0.1, -0.05) is 6.07 Å². The first-order valence-corrected chi connectivity index (χ1v) is 12.9. The number of ketones is 1. The van der Waals surface area contributed by atoms with Crippen molar-refractivity contribution in [3.05, 3.63) is 89.6 Å². The molecule has 0 radical (unpaired) electrons. The number of aryl methyl sites for hydroxylation is 1. The molecule has 1 fully saturated rings. The number of hydrogen-bond acceptors (Lipinski definition) is 5. The van der Waals surface area contributed by atoms with Crippen LogP contribution in [-0.4, -0.2) is 45.6 Å². The Labute approximate surface area is 231 Å². The highest BCUT2D eigenvalue weighted by Gasteiger charge is 2.36. The first kappa shape index (κ1) is 28.1. The lowest BCUT2D eigenvalue weighted by Crippen LogP contribution is -2.42. The molecule has 0 unspecified atom stereocenters. The summed E-state index contributed by atoms with van der Waals surface area (Å²) in [6.45, 7) is -0.178. The number of carbonyl (C=O) groups excluding carboxylic acids is 2. The smallest absolute Gasteiger partial charge is 0.420 e. The second-order valence-corrected chi connectivity index (χ2v) is 9.82. The average molecular weight is 570 g/mol. The lowest BCUT2D eigenvalue weighted by Gasteiger charge is -2.31. The van der Waals surface area contributed by atoms with Crippen molar-refractivity contribution in [2.75, 3.05) is 13.1 Å². The van der Waals surface area contributed by atoms with Gasteiger partial charge < -0.3 is 9.32 Å². The van der Waals surface area contributed by atoms with Gasteiger partial charge in [-0.25, -0.2) is 8.78 Å². The normalized spacial score (nSPS) is 15.5. The maximum absolute atomic E-state index is 14.0. The summed E-state index contributed by atoms with van der Waals surface area (Å²) in [4.78, 5) is 34.4. The summed E-state index contributed by atoms with van der Waals surface area (Å²) in [6, 6.07) is 10.2. The van der Waals surface area contributed by atoms with E-state index >= 15 is 0 Å². The molecule has 1 saturated heterocycles. The zero-order valence-corrected chi connectivity index (χ0v) is 21.6. The van der Waals surface area contributed by atoms with Crippen LogP contribution in [0.2, 0.25) is 0 Å². The van der Waals surface area contributed by atoms with Gasteiger partial charge in [0.1, 0.15) is 11.3 Å². The Hall–Kier alpha value is -4.41. The quantitative estimate of drug-likeness (QED) is 0.177. The molecule has 1 aliphatic heterocycles. The minimum absolute atomic E-state index is 0.0382. The molecule has 0 bridgehead atoms. The molecule has 5 rings (SSSR count). The van der Waals surface area contributed by atoms with E-state index in [4.69, 9.17) is 4.42 Å². The SMILES string of the molecule is O=C(/C=C/c1cccnc1)CCc1cc2cc(-c3ccc(C(=O)N4CCC(F)(F)CC4)cn3)cc(C(F)(F)F)c2o1. The van der Waals surface area contributed by atoms with Crippen molar-refractivity contribution in [3.63, 3.8) is 0 Å². The molecular weight excluding hydrogens is 545 g/mol. The minimum Gasteiger partial charge on any atom is -0.460 e. The number of nitrogens with zero attached hydrogens (tertiary/aromatic N) is 3. The van der Waals surface area contributed by atoms with Gasteiger partial charge in [0, 0.05) is 68.3 Å². The Balaban J connectivity index is 1.34. The summed E-state index contributed by atoms with van der Waals surface area (Å²) in [6.07, 6.45) is 2.01. The Morgan fingerprint density at radius 2 is 1.83 bits per heavy atom. The van der Waals surface area contributed by atoms with Crippen molar-refractivity contribution in [2.45, 2.75) is 37.8 Å². The van der Waals surface area contributed by atoms with Crippen molar-refractivity contribution in [1.29, 1.82) is 0 Å². The number of carbonyl (C=O) groups is 2. The number of amides is 1. The van der Waals surface area contributed by atoms with Gasteiger partial charge in [-0.15, -0.1) is 0 Å². The van der Waals surface area contributed by atoms with E-state index in [1.54, 1.807) is 30.6 Å². The molecule has 4 aromatic rings. The fraction of sp³-hybridized carbons (Fsp3) is 0.267. The van der Waals surface area contributed by atoms with Gasteiger partial charge in [0.2, 0.25) is 0 Å². The number of piperidine rings is 1. The molecule has 6 nitrogen and oxygen atoms in total. The van der Waals surface area contributed by atoms with Crippen molar-refractivity contribution in [1.82, 2.24) is 14.9 Å². The molecule has 1 aromatic carbocycles. The van der Waals surface area contributed by atoms with E-state index in [1.165, 1.54) is 41.4 Å². The molecule has 0 spiro atoms. The number of pyridine rings is 2. The standard InChI is InChI=1S/C30H24F5N3O3/c31-29(32)9-12-38(13-10-29)28(40)20-4-8-26(37-18-20)21-14-22-15-24(41-27(22)25(16-21)30(33,34)35)7-6-23(39)5-3-19-2-1-11-36-17-19/h1-5,8,11,14-18H,6-7,9-10,12-13H2/b5-3+. The van der Waals surface area contributed by atoms with Gasteiger partial charge in [-0.2, -0.15) is 13.2 Å². The van der Waals surface area contributed by atoms with Crippen molar-refractivity contribution < 1.29 is 36.0 Å². The molecule has 1 amide bonds. The second kappa shape index (κ2) is 11.2. The molecule has 1 aliphatic rings. The van der Waals surface area contributed by atoms with Crippen LogP contribution < -0.4 is 0 Å². The second-order valence-electron chi connectivity index (χ2n) is 9.82. The van der Waals surface area contributed by atoms with Crippen molar-refractivity contribution in [3.8, 4) is 11.3 Å². The third-order valence-electron chi connectivity index (χ3n) is 6.82. The van der Waals surface area contributed by atoms with Gasteiger partial charge >= 0.3 is 6.18 Å². The third kappa shape index (κ3) is 6.67. The van der Waals surface area contributed by atoms with Gasteiger partial charge in [-0.05, 0) is 54.1 Å². The lowest BCUT2D eigenvalue weighted by atomic mass is 10.0. The number of halogens is 5. The summed E-state index contributed by atoms with van der Waals surface area (Å²) in [5.74, 6) is -3.25. The molecule has 0 N–H and O–H groups in total. The number of alkyl halides is 5. The van der Waals surface area contributed by atoms with Crippen molar-refractivity contribution >= 4 is 28.7 Å². The van der Waals surface area contributed by atoms with Gasteiger partial charge in [-0.3, -0.25) is 19.6 Å². The summed E-state index contributed by atoms with van der Waals surface area (Å²) in [5.41, 5.74) is -0.0848. The zero-order valence-electron chi connectivity index (χ0n) is 21.6. The molecule has 11 heteroatoms. The number of hydrogen-bond donors (Lipinski definition) is 0. The van der Waals surface area contributed by atoms with Crippen LogP contribution in [0.1, 0.15) is 46.5 Å². The zero-order chi connectivity index (χ0) is 29.2. The van der Waals surface area contributed by atoms with E-state index in [1.807, 2.05) is 0 Å². The number of aromatic nitrogens is 2. The van der Waals surface area contributed by atoms with Crippen LogP contribution >= 0.6 is 0 Å². The van der Waals surface area contributed by atoms with Gasteiger partial charge in [0.05, 0.1) is 16.8 Å². The number of likely N-dealkylation sites (tertiary alicyclic amines) is 1. The summed E-state index contributed by atoms with van der Waals surface area (Å²) in [7, 11) is 0. The maximum atomic E-state index is 14.0. The van der Waals surface area contributed by atoms with Crippen LogP contribution in [0, 0.1) is 0 Å². The topological polar surface area (TPSA) is 76.3 Å². The molecule has 41 heavy (non-hydrogen) atoms. The Morgan fingerprint density at radius 1 is 1.05 bits per heavy atom. The number of allylic oxidation sites excluding steroid dienone is 1. The van der Waals surface area contributed by atoms with E-state index in [-0.39, 0.29) is 65.3 Å². The van der Waals surface area contributed by atoms with Crippen LogP contribution in [0.15, 0.2) is 71.5 Å². The monoisotopic (exact) mass is 569 g/mol. The number of benzene rings is 1. The lowest BCUT2D eigenvalue weighted by molar-refractivity contribution is -0.136. The van der Waals surface area contributed by atoms with Gasteiger partial charge in [0.25, 0.3) is 11.8 Å². The molecule has 212 valence electrons. The minimum atomic E-state index is -4.72. The van der Waals surface area contributed by atoms with Crippen LogP contribution in [0.5, 0.6) is 0 Å². The highest BCUT2D eigenvalue weighted by atomic mass is 19.4.